The smallest absolute Gasteiger partial charge is 0.262 e. The Morgan fingerprint density at radius 1 is 1.24 bits per heavy atom. The Morgan fingerprint density at radius 2 is 2.03 bits per heavy atom. The maximum atomic E-state index is 13.5. The highest BCUT2D eigenvalue weighted by atomic mass is 32.2. The van der Waals surface area contributed by atoms with Gasteiger partial charge in [0.15, 0.2) is 6.61 Å². The summed E-state index contributed by atoms with van der Waals surface area (Å²) < 4.78 is 44.3. The third-order valence-electron chi connectivity index (χ3n) is 5.94. The van der Waals surface area contributed by atoms with Crippen LogP contribution in [0.5, 0.6) is 17.2 Å². The topological polar surface area (TPSA) is 123 Å². The first-order chi connectivity index (χ1) is 16.2. The van der Waals surface area contributed by atoms with Crippen molar-refractivity contribution in [1.29, 1.82) is 0 Å². The molecule has 2 amide bonds. The molecule has 2 heterocycles. The minimum atomic E-state index is -3.98. The number of hydrogen-bond acceptors (Lipinski definition) is 7. The molecule has 4 rings (SSSR count). The van der Waals surface area contributed by atoms with Crippen LogP contribution >= 0.6 is 0 Å². The standard InChI is InChI=1S/C23H27N3O7S/c1-14-9-17-20(33-13-22(27)25-17)11-21(14)34(29,30)26-8-4-5-18(26)23(28)24-12-15-10-16(31-2)6-7-19(15)32-3/h6-7,9-11,18H,4-5,8,12-13H2,1-3H3,(H,24,28)(H,25,27)/t18-/m1/s1. The maximum Gasteiger partial charge on any atom is 0.262 e. The molecule has 0 spiro atoms. The van der Waals surface area contributed by atoms with Gasteiger partial charge in [-0.15, -0.1) is 0 Å². The highest BCUT2D eigenvalue weighted by Gasteiger charge is 2.40. The Bertz CT molecular complexity index is 1230. The number of benzene rings is 2. The number of aryl methyl sites for hydroxylation is 1. The predicted molar refractivity (Wildman–Crippen MR) is 124 cm³/mol. The largest absolute Gasteiger partial charge is 0.497 e. The van der Waals surface area contributed by atoms with Crippen molar-refractivity contribution < 1.29 is 32.2 Å². The number of methoxy groups -OCH3 is 2. The lowest BCUT2D eigenvalue weighted by Crippen LogP contribution is -2.45. The number of carbonyl (C=O) groups is 2. The van der Waals surface area contributed by atoms with E-state index in [0.717, 1.165) is 0 Å². The number of ether oxygens (including phenoxy) is 3. The van der Waals surface area contributed by atoms with Crippen LogP contribution in [0.25, 0.3) is 0 Å². The third kappa shape index (κ3) is 4.53. The van der Waals surface area contributed by atoms with Crippen LogP contribution < -0.4 is 24.8 Å². The van der Waals surface area contributed by atoms with Gasteiger partial charge in [0, 0.05) is 24.7 Å². The molecule has 2 aromatic carbocycles. The lowest BCUT2D eigenvalue weighted by Gasteiger charge is -2.26. The number of anilines is 1. The van der Waals surface area contributed by atoms with E-state index in [1.54, 1.807) is 38.3 Å². The lowest BCUT2D eigenvalue weighted by molar-refractivity contribution is -0.124. The lowest BCUT2D eigenvalue weighted by atomic mass is 10.1. The van der Waals surface area contributed by atoms with E-state index in [1.165, 1.54) is 17.5 Å². The number of nitrogens with one attached hydrogen (secondary N) is 2. The number of sulfonamides is 1. The molecule has 34 heavy (non-hydrogen) atoms. The number of nitrogens with zero attached hydrogens (tertiary/aromatic N) is 1. The van der Waals surface area contributed by atoms with Crippen LogP contribution in [0.2, 0.25) is 0 Å². The minimum absolute atomic E-state index is 0.0524. The Hall–Kier alpha value is -3.31. The molecular formula is C23H27N3O7S. The normalized spacial score (nSPS) is 18.0. The SMILES string of the molecule is COc1ccc(OC)c(CNC(=O)[C@H]2CCCN2S(=O)(=O)c2cc3c(cc2C)NC(=O)CO3)c1. The van der Waals surface area contributed by atoms with E-state index in [1.807, 2.05) is 0 Å². The molecule has 2 aromatic rings. The van der Waals surface area contributed by atoms with Gasteiger partial charge < -0.3 is 24.8 Å². The first-order valence-corrected chi connectivity index (χ1v) is 12.3. The molecule has 10 nitrogen and oxygen atoms in total. The van der Waals surface area contributed by atoms with E-state index in [0.29, 0.717) is 41.2 Å². The zero-order chi connectivity index (χ0) is 24.5. The summed E-state index contributed by atoms with van der Waals surface area (Å²) in [6.45, 7) is 1.86. The number of carbonyl (C=O) groups excluding carboxylic acids is 2. The van der Waals surface area contributed by atoms with Crippen LogP contribution in [0.1, 0.15) is 24.0 Å². The molecule has 182 valence electrons. The quantitative estimate of drug-likeness (QED) is 0.608. The molecule has 1 fully saturated rings. The van der Waals surface area contributed by atoms with Gasteiger partial charge in [0.05, 0.1) is 24.8 Å². The van der Waals surface area contributed by atoms with Crippen molar-refractivity contribution in [2.24, 2.45) is 0 Å². The van der Waals surface area contributed by atoms with Crippen molar-refractivity contribution in [2.45, 2.75) is 37.2 Å². The second kappa shape index (κ2) is 9.51. The van der Waals surface area contributed by atoms with Gasteiger partial charge in [-0.1, -0.05) is 0 Å². The average molecular weight is 490 g/mol. The predicted octanol–water partition coefficient (Wildman–Crippen LogP) is 1.81. The molecule has 1 atom stereocenters. The van der Waals surface area contributed by atoms with Crippen LogP contribution in [-0.2, 0) is 26.2 Å². The Morgan fingerprint density at radius 3 is 2.76 bits per heavy atom. The van der Waals surface area contributed by atoms with Crippen LogP contribution in [-0.4, -0.2) is 58.0 Å². The van der Waals surface area contributed by atoms with Crippen molar-refractivity contribution >= 4 is 27.5 Å². The number of rotatable bonds is 7. The molecule has 1 saturated heterocycles. The van der Waals surface area contributed by atoms with Crippen molar-refractivity contribution in [3.63, 3.8) is 0 Å². The van der Waals surface area contributed by atoms with Crippen molar-refractivity contribution in [2.75, 3.05) is 32.7 Å². The maximum absolute atomic E-state index is 13.5. The number of amides is 2. The summed E-state index contributed by atoms with van der Waals surface area (Å²) in [7, 11) is -0.897. The molecule has 0 aliphatic carbocycles. The Kier molecular flexibility index (Phi) is 6.67. The van der Waals surface area contributed by atoms with Crippen molar-refractivity contribution in [1.82, 2.24) is 9.62 Å². The molecule has 2 N–H and O–H groups in total. The van der Waals surface area contributed by atoms with E-state index >= 15 is 0 Å². The monoisotopic (exact) mass is 489 g/mol. The minimum Gasteiger partial charge on any atom is -0.497 e. The van der Waals surface area contributed by atoms with Gasteiger partial charge in [-0.2, -0.15) is 4.31 Å². The van der Waals surface area contributed by atoms with Gasteiger partial charge in [-0.25, -0.2) is 8.42 Å². The summed E-state index contributed by atoms with van der Waals surface area (Å²) in [5, 5.41) is 5.51. The van der Waals surface area contributed by atoms with E-state index < -0.39 is 16.1 Å². The number of fused-ring (bicyclic) bond motifs is 1. The fourth-order valence-electron chi connectivity index (χ4n) is 4.23. The van der Waals surface area contributed by atoms with E-state index in [-0.39, 0.29) is 42.2 Å². The van der Waals surface area contributed by atoms with Gasteiger partial charge in [-0.3, -0.25) is 9.59 Å². The van der Waals surface area contributed by atoms with E-state index in [2.05, 4.69) is 10.6 Å². The van der Waals surface area contributed by atoms with E-state index in [4.69, 9.17) is 14.2 Å². The first-order valence-electron chi connectivity index (χ1n) is 10.8. The Labute approximate surface area is 198 Å². The van der Waals surface area contributed by atoms with Gasteiger partial charge in [0.25, 0.3) is 5.91 Å². The molecule has 0 radical (unpaired) electrons. The molecule has 0 bridgehead atoms. The van der Waals surface area contributed by atoms with Crippen molar-refractivity contribution in [3.05, 3.63) is 41.5 Å². The van der Waals surface area contributed by atoms with Crippen LogP contribution in [0.15, 0.2) is 35.2 Å². The molecule has 0 saturated carbocycles. The summed E-state index contributed by atoms with van der Waals surface area (Å²) in [6.07, 6.45) is 0.979. The van der Waals surface area contributed by atoms with Crippen LogP contribution in [0, 0.1) is 6.92 Å². The molecule has 2 aliphatic heterocycles. The summed E-state index contributed by atoms with van der Waals surface area (Å²) in [4.78, 5) is 24.7. The highest BCUT2D eigenvalue weighted by Crippen LogP contribution is 2.36. The third-order valence-corrected chi connectivity index (χ3v) is 7.99. The first kappa shape index (κ1) is 23.8. The molecular weight excluding hydrogens is 462 g/mol. The summed E-state index contributed by atoms with van der Waals surface area (Å²) in [6, 6.07) is 7.41. The van der Waals surface area contributed by atoms with Gasteiger partial charge in [-0.05, 0) is 49.6 Å². The van der Waals surface area contributed by atoms with Crippen LogP contribution in [0.4, 0.5) is 5.69 Å². The van der Waals surface area contributed by atoms with E-state index in [9.17, 15) is 18.0 Å². The zero-order valence-electron chi connectivity index (χ0n) is 19.2. The van der Waals surface area contributed by atoms with Crippen LogP contribution in [0.3, 0.4) is 0 Å². The fourth-order valence-corrected chi connectivity index (χ4v) is 6.11. The number of hydrogen-bond donors (Lipinski definition) is 2. The summed E-state index contributed by atoms with van der Waals surface area (Å²) >= 11 is 0. The fraction of sp³-hybridized carbons (Fsp3) is 0.391. The van der Waals surface area contributed by atoms with Crippen molar-refractivity contribution in [3.8, 4) is 17.2 Å². The zero-order valence-corrected chi connectivity index (χ0v) is 20.0. The highest BCUT2D eigenvalue weighted by molar-refractivity contribution is 7.89. The molecule has 0 aromatic heterocycles. The Balaban J connectivity index is 1.54. The summed E-state index contributed by atoms with van der Waals surface area (Å²) in [5.41, 5.74) is 1.60. The van der Waals surface area contributed by atoms with Gasteiger partial charge in [0.1, 0.15) is 23.3 Å². The summed E-state index contributed by atoms with van der Waals surface area (Å²) in [5.74, 6) is 0.816. The molecule has 0 unspecified atom stereocenters. The molecule has 2 aliphatic rings. The molecule has 11 heteroatoms. The second-order valence-electron chi connectivity index (χ2n) is 8.12. The van der Waals surface area contributed by atoms with Gasteiger partial charge in [0.2, 0.25) is 15.9 Å². The average Bonchev–Trinajstić information content (AvgIpc) is 3.33. The van der Waals surface area contributed by atoms with Gasteiger partial charge >= 0.3 is 0 Å². The second-order valence-corrected chi connectivity index (χ2v) is 9.98.